The molecule has 0 aliphatic carbocycles. The molecule has 0 unspecified atom stereocenters. The van der Waals surface area contributed by atoms with E-state index in [1.807, 2.05) is 12.1 Å². The van der Waals surface area contributed by atoms with Gasteiger partial charge in [-0.3, -0.25) is 9.36 Å². The zero-order chi connectivity index (χ0) is 14.8. The largest absolute Gasteiger partial charge is 0.294 e. The fourth-order valence-corrected chi connectivity index (χ4v) is 2.29. The maximum absolute atomic E-state index is 12.4. The van der Waals surface area contributed by atoms with Gasteiger partial charge in [0.1, 0.15) is 0 Å². The van der Waals surface area contributed by atoms with E-state index in [4.69, 9.17) is 16.9 Å². The summed E-state index contributed by atoms with van der Waals surface area (Å²) in [6.07, 6.45) is 1.51. The van der Waals surface area contributed by atoms with Gasteiger partial charge in [-0.05, 0) is 35.9 Å². The zero-order valence-corrected chi connectivity index (χ0v) is 11.7. The van der Waals surface area contributed by atoms with Gasteiger partial charge in [-0.15, -0.1) is 0 Å². The molecule has 102 valence electrons. The first-order valence-corrected chi connectivity index (χ1v) is 6.69. The Kier molecular flexibility index (Phi) is 3.43. The van der Waals surface area contributed by atoms with Gasteiger partial charge in [0, 0.05) is 5.02 Å². The van der Waals surface area contributed by atoms with Crippen molar-refractivity contribution in [2.24, 2.45) is 0 Å². The van der Waals surface area contributed by atoms with Crippen LogP contribution in [0.2, 0.25) is 5.02 Å². The van der Waals surface area contributed by atoms with Crippen molar-refractivity contribution in [3.05, 3.63) is 75.3 Å². The minimum absolute atomic E-state index is 0.110. The molecule has 0 saturated heterocycles. The highest BCUT2D eigenvalue weighted by Crippen LogP contribution is 2.14. The van der Waals surface area contributed by atoms with Gasteiger partial charge in [0.05, 0.1) is 35.4 Å². The smallest absolute Gasteiger partial charge is 0.261 e. The number of rotatable bonds is 2. The lowest BCUT2D eigenvalue weighted by atomic mass is 10.1. The number of benzene rings is 2. The van der Waals surface area contributed by atoms with Crippen LogP contribution in [-0.4, -0.2) is 9.55 Å². The summed E-state index contributed by atoms with van der Waals surface area (Å²) in [4.78, 5) is 16.7. The average Bonchev–Trinajstić information content (AvgIpc) is 2.51. The molecule has 0 spiro atoms. The third-order valence-corrected chi connectivity index (χ3v) is 3.46. The van der Waals surface area contributed by atoms with Gasteiger partial charge in [0.25, 0.3) is 5.56 Å². The number of nitrogens with zero attached hydrogens (tertiary/aromatic N) is 3. The number of hydrogen-bond donors (Lipinski definition) is 0. The van der Waals surface area contributed by atoms with Crippen LogP contribution in [0, 0.1) is 11.3 Å². The fraction of sp³-hybridized carbons (Fsp3) is 0.0625. The van der Waals surface area contributed by atoms with Crippen molar-refractivity contribution in [3.8, 4) is 6.07 Å². The van der Waals surface area contributed by atoms with E-state index in [2.05, 4.69) is 11.1 Å². The predicted molar refractivity (Wildman–Crippen MR) is 81.3 cm³/mol. The Balaban J connectivity index is 2.01. The molecule has 2 aromatic carbocycles. The van der Waals surface area contributed by atoms with Crippen molar-refractivity contribution >= 4 is 22.5 Å². The Morgan fingerprint density at radius 3 is 2.67 bits per heavy atom. The predicted octanol–water partition coefficient (Wildman–Crippen LogP) is 2.97. The molecule has 0 atom stereocenters. The third kappa shape index (κ3) is 2.64. The standard InChI is InChI=1S/C16H10ClN3O/c17-13-5-6-14-15(7-13)19-10-20(16(14)21)9-12-3-1-11(8-18)2-4-12/h1-7,10H,9H2. The molecule has 21 heavy (non-hydrogen) atoms. The van der Waals surface area contributed by atoms with Gasteiger partial charge in [0.15, 0.2) is 0 Å². The van der Waals surface area contributed by atoms with Crippen molar-refractivity contribution in [2.75, 3.05) is 0 Å². The minimum Gasteiger partial charge on any atom is -0.294 e. The molecule has 0 amide bonds. The Labute approximate surface area is 125 Å². The molecule has 0 aliphatic rings. The Bertz CT molecular complexity index is 907. The molecule has 4 nitrogen and oxygen atoms in total. The molecular formula is C16H10ClN3O. The Morgan fingerprint density at radius 2 is 1.95 bits per heavy atom. The topological polar surface area (TPSA) is 58.7 Å². The lowest BCUT2D eigenvalue weighted by Crippen LogP contribution is -2.21. The van der Waals surface area contributed by atoms with Crippen LogP contribution in [0.5, 0.6) is 0 Å². The van der Waals surface area contributed by atoms with Crippen molar-refractivity contribution < 1.29 is 0 Å². The van der Waals surface area contributed by atoms with Crippen LogP contribution in [0.4, 0.5) is 0 Å². The molecule has 3 aromatic rings. The maximum Gasteiger partial charge on any atom is 0.261 e. The quantitative estimate of drug-likeness (QED) is 0.730. The molecule has 0 bridgehead atoms. The highest BCUT2D eigenvalue weighted by Gasteiger charge is 2.05. The van der Waals surface area contributed by atoms with Crippen molar-refractivity contribution in [1.82, 2.24) is 9.55 Å². The normalized spacial score (nSPS) is 10.5. The molecule has 0 radical (unpaired) electrons. The molecular weight excluding hydrogens is 286 g/mol. The summed E-state index contributed by atoms with van der Waals surface area (Å²) in [7, 11) is 0. The van der Waals surface area contributed by atoms with E-state index in [0.717, 1.165) is 5.56 Å². The van der Waals surface area contributed by atoms with Crippen molar-refractivity contribution in [1.29, 1.82) is 5.26 Å². The molecule has 3 rings (SSSR count). The van der Waals surface area contributed by atoms with Gasteiger partial charge in [-0.25, -0.2) is 4.98 Å². The molecule has 5 heteroatoms. The van der Waals surface area contributed by atoms with Crippen molar-refractivity contribution in [2.45, 2.75) is 6.54 Å². The van der Waals surface area contributed by atoms with Crippen LogP contribution in [0.25, 0.3) is 10.9 Å². The summed E-state index contributed by atoms with van der Waals surface area (Å²) in [5.74, 6) is 0. The second-order valence-electron chi connectivity index (χ2n) is 4.65. The average molecular weight is 296 g/mol. The van der Waals surface area contributed by atoms with Gasteiger partial charge < -0.3 is 0 Å². The number of nitriles is 1. The number of halogens is 1. The molecule has 0 N–H and O–H groups in total. The van der Waals surface area contributed by atoms with Crippen LogP contribution >= 0.6 is 11.6 Å². The first kappa shape index (κ1) is 13.3. The monoisotopic (exact) mass is 295 g/mol. The summed E-state index contributed by atoms with van der Waals surface area (Å²) in [6.45, 7) is 0.413. The van der Waals surface area contributed by atoms with Crippen molar-refractivity contribution in [3.63, 3.8) is 0 Å². The van der Waals surface area contributed by atoms with E-state index in [0.29, 0.717) is 28.0 Å². The van der Waals surface area contributed by atoms with E-state index in [9.17, 15) is 4.79 Å². The highest BCUT2D eigenvalue weighted by atomic mass is 35.5. The highest BCUT2D eigenvalue weighted by molar-refractivity contribution is 6.31. The number of hydrogen-bond acceptors (Lipinski definition) is 3. The summed E-state index contributed by atoms with van der Waals surface area (Å²) >= 11 is 5.89. The number of aromatic nitrogens is 2. The van der Waals surface area contributed by atoms with Gasteiger partial charge in [-0.2, -0.15) is 5.26 Å². The molecule has 0 fully saturated rings. The van der Waals surface area contributed by atoms with E-state index in [1.165, 1.54) is 10.9 Å². The zero-order valence-electron chi connectivity index (χ0n) is 11.0. The second kappa shape index (κ2) is 5.39. The SMILES string of the molecule is N#Cc1ccc(Cn2cnc3cc(Cl)ccc3c2=O)cc1. The van der Waals surface area contributed by atoms with Gasteiger partial charge >= 0.3 is 0 Å². The summed E-state index contributed by atoms with van der Waals surface area (Å²) in [5, 5.41) is 9.87. The molecule has 0 saturated carbocycles. The lowest BCUT2D eigenvalue weighted by molar-refractivity contribution is 0.748. The maximum atomic E-state index is 12.4. The Hall–Kier alpha value is -2.64. The van der Waals surface area contributed by atoms with Gasteiger partial charge in [0.2, 0.25) is 0 Å². The summed E-state index contributed by atoms with van der Waals surface area (Å²) in [5.41, 5.74) is 2.01. The van der Waals surface area contributed by atoms with Crippen LogP contribution in [0.15, 0.2) is 53.6 Å². The second-order valence-corrected chi connectivity index (χ2v) is 5.08. The van der Waals surface area contributed by atoms with E-state index < -0.39 is 0 Å². The van der Waals surface area contributed by atoms with Crippen LogP contribution in [0.3, 0.4) is 0 Å². The first-order valence-electron chi connectivity index (χ1n) is 6.31. The van der Waals surface area contributed by atoms with Crippen LogP contribution < -0.4 is 5.56 Å². The van der Waals surface area contributed by atoms with E-state index in [1.54, 1.807) is 30.3 Å². The first-order chi connectivity index (χ1) is 10.2. The molecule has 1 aromatic heterocycles. The summed E-state index contributed by atoms with van der Waals surface area (Å²) < 4.78 is 1.54. The molecule has 0 aliphatic heterocycles. The fourth-order valence-electron chi connectivity index (χ4n) is 2.13. The van der Waals surface area contributed by atoms with Gasteiger partial charge in [-0.1, -0.05) is 23.7 Å². The van der Waals surface area contributed by atoms with E-state index in [-0.39, 0.29) is 5.56 Å². The van der Waals surface area contributed by atoms with E-state index >= 15 is 0 Å². The Morgan fingerprint density at radius 1 is 1.19 bits per heavy atom. The lowest BCUT2D eigenvalue weighted by Gasteiger charge is -2.07. The summed E-state index contributed by atoms with van der Waals surface area (Å²) in [6, 6.07) is 14.2. The van der Waals surface area contributed by atoms with Crippen LogP contribution in [0.1, 0.15) is 11.1 Å². The number of fused-ring (bicyclic) bond motifs is 1. The van der Waals surface area contributed by atoms with Crippen LogP contribution in [-0.2, 0) is 6.54 Å². The third-order valence-electron chi connectivity index (χ3n) is 3.22. The molecule has 1 heterocycles. The minimum atomic E-state index is -0.110.